The Kier molecular flexibility index (Phi) is 4.11. The van der Waals surface area contributed by atoms with Gasteiger partial charge in [-0.25, -0.2) is 0 Å². The third kappa shape index (κ3) is 3.03. The molecule has 1 fully saturated rings. The smallest absolute Gasteiger partial charge is 0.178 e. The first kappa shape index (κ1) is 14.3. The Morgan fingerprint density at radius 1 is 1.33 bits per heavy atom. The minimum absolute atomic E-state index is 0.216. The van der Waals surface area contributed by atoms with E-state index in [-0.39, 0.29) is 5.78 Å². The van der Waals surface area contributed by atoms with Crippen LogP contribution in [0, 0.1) is 5.92 Å². The van der Waals surface area contributed by atoms with Crippen molar-refractivity contribution in [2.75, 3.05) is 13.6 Å². The summed E-state index contributed by atoms with van der Waals surface area (Å²) in [6.07, 6.45) is 6.92. The molecule has 1 aromatic carbocycles. The van der Waals surface area contributed by atoms with Gasteiger partial charge in [0.2, 0.25) is 0 Å². The summed E-state index contributed by atoms with van der Waals surface area (Å²) in [5.41, 5.74) is 1.86. The molecule has 1 heterocycles. The molecule has 0 amide bonds. The van der Waals surface area contributed by atoms with Crippen molar-refractivity contribution in [2.45, 2.75) is 38.6 Å². The van der Waals surface area contributed by atoms with Crippen LogP contribution in [0.5, 0.6) is 0 Å². The lowest BCUT2D eigenvalue weighted by molar-refractivity contribution is 0.0884. The molecule has 0 saturated heterocycles. The van der Waals surface area contributed by atoms with E-state index in [1.807, 2.05) is 30.5 Å². The zero-order valence-corrected chi connectivity index (χ0v) is 12.9. The second-order valence-corrected chi connectivity index (χ2v) is 6.51. The van der Waals surface area contributed by atoms with Gasteiger partial charge in [0.05, 0.1) is 6.54 Å². The van der Waals surface area contributed by atoms with Gasteiger partial charge >= 0.3 is 0 Å². The molecule has 1 aromatic heterocycles. The topological polar surface area (TPSA) is 36.1 Å². The predicted molar refractivity (Wildman–Crippen MR) is 86.7 cm³/mol. The number of nitrogens with one attached hydrogen (secondary N) is 1. The highest BCUT2D eigenvalue weighted by atomic mass is 16.1. The number of ketones is 1. The fourth-order valence-corrected chi connectivity index (χ4v) is 3.55. The summed E-state index contributed by atoms with van der Waals surface area (Å²) in [6.45, 7) is 2.83. The van der Waals surface area contributed by atoms with Gasteiger partial charge < -0.3 is 4.98 Å². The van der Waals surface area contributed by atoms with E-state index in [1.54, 1.807) is 0 Å². The second-order valence-electron chi connectivity index (χ2n) is 6.51. The fourth-order valence-electron chi connectivity index (χ4n) is 3.55. The van der Waals surface area contributed by atoms with Gasteiger partial charge in [-0.05, 0) is 31.9 Å². The van der Waals surface area contributed by atoms with Gasteiger partial charge in [0.25, 0.3) is 0 Å². The van der Waals surface area contributed by atoms with E-state index in [4.69, 9.17) is 0 Å². The molecule has 1 saturated carbocycles. The maximum atomic E-state index is 12.6. The summed E-state index contributed by atoms with van der Waals surface area (Å²) in [4.78, 5) is 18.0. The standard InChI is InChI=1S/C18H24N2O/c1-13-6-5-7-14(10-13)20(2)12-18(21)16-11-19-17-9-4-3-8-15(16)17/h3-4,8-9,11,13-14,19H,5-7,10,12H2,1-2H3. The summed E-state index contributed by atoms with van der Waals surface area (Å²) < 4.78 is 0. The Hall–Kier alpha value is -1.61. The van der Waals surface area contributed by atoms with Crippen LogP contribution in [0.3, 0.4) is 0 Å². The first-order valence-corrected chi connectivity index (χ1v) is 7.94. The van der Waals surface area contributed by atoms with Crippen LogP contribution in [0.25, 0.3) is 10.9 Å². The van der Waals surface area contributed by atoms with Gasteiger partial charge in [-0.15, -0.1) is 0 Å². The molecule has 0 aliphatic heterocycles. The average molecular weight is 284 g/mol. The van der Waals surface area contributed by atoms with Gasteiger partial charge in [0.15, 0.2) is 5.78 Å². The number of para-hydroxylation sites is 1. The molecule has 0 radical (unpaired) electrons. The third-order valence-corrected chi connectivity index (χ3v) is 4.81. The van der Waals surface area contributed by atoms with Crippen molar-refractivity contribution in [2.24, 2.45) is 5.92 Å². The monoisotopic (exact) mass is 284 g/mol. The van der Waals surface area contributed by atoms with E-state index >= 15 is 0 Å². The minimum Gasteiger partial charge on any atom is -0.360 e. The SMILES string of the molecule is CC1CCCC(N(C)CC(=O)c2c[nH]c3ccccc23)C1. The maximum Gasteiger partial charge on any atom is 0.178 e. The van der Waals surface area contributed by atoms with Crippen LogP contribution in [0.1, 0.15) is 43.0 Å². The molecule has 3 nitrogen and oxygen atoms in total. The number of benzene rings is 1. The van der Waals surface area contributed by atoms with Crippen LogP contribution in [-0.2, 0) is 0 Å². The van der Waals surface area contributed by atoms with Crippen molar-refractivity contribution in [1.82, 2.24) is 9.88 Å². The number of fused-ring (bicyclic) bond motifs is 1. The molecule has 112 valence electrons. The summed E-state index contributed by atoms with van der Waals surface area (Å²) in [6, 6.07) is 8.56. The Balaban J connectivity index is 1.71. The molecule has 2 atom stereocenters. The number of aromatic nitrogens is 1. The molecule has 1 aliphatic carbocycles. The van der Waals surface area contributed by atoms with Crippen LogP contribution in [0.15, 0.2) is 30.5 Å². The fraction of sp³-hybridized carbons (Fsp3) is 0.500. The van der Waals surface area contributed by atoms with Gasteiger partial charge in [-0.1, -0.05) is 38.0 Å². The Bertz CT molecular complexity index is 631. The number of likely N-dealkylation sites (N-methyl/N-ethyl adjacent to an activating group) is 1. The van der Waals surface area contributed by atoms with Gasteiger partial charge in [-0.3, -0.25) is 9.69 Å². The van der Waals surface area contributed by atoms with Crippen LogP contribution in [-0.4, -0.2) is 35.3 Å². The number of hydrogen-bond donors (Lipinski definition) is 1. The second kappa shape index (κ2) is 6.02. The van der Waals surface area contributed by atoms with E-state index in [9.17, 15) is 4.79 Å². The molecular formula is C18H24N2O. The van der Waals surface area contributed by atoms with Crippen LogP contribution in [0.2, 0.25) is 0 Å². The van der Waals surface area contributed by atoms with E-state index < -0.39 is 0 Å². The molecule has 1 aliphatic rings. The largest absolute Gasteiger partial charge is 0.360 e. The molecule has 0 spiro atoms. The molecular weight excluding hydrogens is 260 g/mol. The van der Waals surface area contributed by atoms with E-state index in [0.29, 0.717) is 12.6 Å². The lowest BCUT2D eigenvalue weighted by Crippen LogP contribution is -2.38. The Morgan fingerprint density at radius 2 is 2.14 bits per heavy atom. The maximum absolute atomic E-state index is 12.6. The van der Waals surface area contributed by atoms with Gasteiger partial charge in [0, 0.05) is 28.7 Å². The van der Waals surface area contributed by atoms with Crippen molar-refractivity contribution in [3.05, 3.63) is 36.0 Å². The van der Waals surface area contributed by atoms with Crippen LogP contribution in [0.4, 0.5) is 0 Å². The summed E-state index contributed by atoms with van der Waals surface area (Å²) in [5.74, 6) is 1.00. The van der Waals surface area contributed by atoms with E-state index in [1.165, 1.54) is 25.7 Å². The zero-order valence-electron chi connectivity index (χ0n) is 12.9. The lowest BCUT2D eigenvalue weighted by atomic mass is 9.86. The van der Waals surface area contributed by atoms with Crippen molar-refractivity contribution in [1.29, 1.82) is 0 Å². The predicted octanol–water partition coefficient (Wildman–Crippen LogP) is 3.86. The first-order chi connectivity index (χ1) is 10.1. The average Bonchev–Trinajstić information content (AvgIpc) is 2.91. The molecule has 0 bridgehead atoms. The van der Waals surface area contributed by atoms with Crippen molar-refractivity contribution in [3.8, 4) is 0 Å². The van der Waals surface area contributed by atoms with Gasteiger partial charge in [-0.2, -0.15) is 0 Å². The number of carbonyl (C=O) groups excluding carboxylic acids is 1. The number of nitrogens with zero attached hydrogens (tertiary/aromatic N) is 1. The van der Waals surface area contributed by atoms with Crippen molar-refractivity contribution < 1.29 is 4.79 Å². The summed E-state index contributed by atoms with van der Waals surface area (Å²) in [5, 5.41) is 1.04. The van der Waals surface area contributed by atoms with Crippen LogP contribution >= 0.6 is 0 Å². The molecule has 21 heavy (non-hydrogen) atoms. The highest BCUT2D eigenvalue weighted by Crippen LogP contribution is 2.27. The molecule has 2 aromatic rings. The number of hydrogen-bond acceptors (Lipinski definition) is 2. The van der Waals surface area contributed by atoms with Crippen molar-refractivity contribution >= 4 is 16.7 Å². The highest BCUT2D eigenvalue weighted by Gasteiger charge is 2.24. The number of aromatic amines is 1. The summed E-state index contributed by atoms with van der Waals surface area (Å²) >= 11 is 0. The number of H-pyrrole nitrogens is 1. The van der Waals surface area contributed by atoms with Crippen molar-refractivity contribution in [3.63, 3.8) is 0 Å². The summed E-state index contributed by atoms with van der Waals surface area (Å²) in [7, 11) is 2.09. The number of carbonyl (C=O) groups is 1. The first-order valence-electron chi connectivity index (χ1n) is 7.94. The number of Topliss-reactive ketones (excluding diaryl/α,β-unsaturated/α-hetero) is 1. The van der Waals surface area contributed by atoms with E-state index in [2.05, 4.69) is 23.9 Å². The molecule has 3 heteroatoms. The highest BCUT2D eigenvalue weighted by molar-refractivity contribution is 6.08. The Morgan fingerprint density at radius 3 is 2.95 bits per heavy atom. The normalized spacial score (nSPS) is 22.8. The third-order valence-electron chi connectivity index (χ3n) is 4.81. The van der Waals surface area contributed by atoms with Gasteiger partial charge in [0.1, 0.15) is 0 Å². The van der Waals surface area contributed by atoms with E-state index in [0.717, 1.165) is 22.4 Å². The molecule has 3 rings (SSSR count). The van der Waals surface area contributed by atoms with Crippen LogP contribution < -0.4 is 0 Å². The molecule has 1 N–H and O–H groups in total. The zero-order chi connectivity index (χ0) is 14.8. The molecule has 2 unspecified atom stereocenters. The Labute approximate surface area is 126 Å². The number of rotatable bonds is 4. The minimum atomic E-state index is 0.216. The quantitative estimate of drug-likeness (QED) is 0.865. The lowest BCUT2D eigenvalue weighted by Gasteiger charge is -2.33.